The van der Waals surface area contributed by atoms with Gasteiger partial charge in [-0.25, -0.2) is 8.78 Å². The summed E-state index contributed by atoms with van der Waals surface area (Å²) in [4.78, 5) is -0.190. The van der Waals surface area contributed by atoms with Crippen LogP contribution in [-0.4, -0.2) is 8.42 Å². The first-order chi connectivity index (χ1) is 15.0. The number of halogens is 2. The zero-order valence-corrected chi connectivity index (χ0v) is 17.1. The Morgan fingerprint density at radius 1 is 0.613 bits per heavy atom. The molecule has 0 saturated heterocycles. The summed E-state index contributed by atoms with van der Waals surface area (Å²) in [5, 5.41) is 0. The molecule has 4 aromatic carbocycles. The Hall–Kier alpha value is -3.51. The molecule has 0 bridgehead atoms. The summed E-state index contributed by atoms with van der Waals surface area (Å²) < 4.78 is 59.5. The van der Waals surface area contributed by atoms with Crippen LogP contribution in [-0.2, 0) is 10.1 Å². The van der Waals surface area contributed by atoms with Crippen molar-refractivity contribution in [3.63, 3.8) is 0 Å². The van der Waals surface area contributed by atoms with E-state index < -0.39 is 33.4 Å². The molecule has 4 rings (SSSR count). The van der Waals surface area contributed by atoms with Crippen LogP contribution in [0, 0.1) is 11.6 Å². The SMILES string of the molecule is O=S(=O)(Oc1c(F)cc(C(c2ccccc2)c2ccccc2)cc1F)c1ccccc1. The summed E-state index contributed by atoms with van der Waals surface area (Å²) in [6, 6.07) is 28.0. The molecule has 156 valence electrons. The van der Waals surface area contributed by atoms with Gasteiger partial charge in [0, 0.05) is 5.92 Å². The van der Waals surface area contributed by atoms with Gasteiger partial charge in [-0.05, 0) is 41.0 Å². The van der Waals surface area contributed by atoms with Gasteiger partial charge < -0.3 is 4.18 Å². The van der Waals surface area contributed by atoms with Gasteiger partial charge in [0.1, 0.15) is 4.90 Å². The number of rotatable bonds is 6. The highest BCUT2D eigenvalue weighted by molar-refractivity contribution is 7.87. The second-order valence-electron chi connectivity index (χ2n) is 6.92. The largest absolute Gasteiger partial charge is 0.373 e. The van der Waals surface area contributed by atoms with Gasteiger partial charge in [-0.15, -0.1) is 0 Å². The maximum Gasteiger partial charge on any atom is 0.339 e. The normalized spacial score (nSPS) is 11.5. The second kappa shape index (κ2) is 8.70. The highest BCUT2D eigenvalue weighted by atomic mass is 32.2. The topological polar surface area (TPSA) is 43.4 Å². The first-order valence-electron chi connectivity index (χ1n) is 9.54. The average Bonchev–Trinajstić information content (AvgIpc) is 2.79. The van der Waals surface area contributed by atoms with Crippen LogP contribution in [0.25, 0.3) is 0 Å². The zero-order valence-electron chi connectivity index (χ0n) is 16.3. The quantitative estimate of drug-likeness (QED) is 0.279. The van der Waals surface area contributed by atoms with E-state index >= 15 is 0 Å². The first kappa shape index (κ1) is 20.8. The van der Waals surface area contributed by atoms with Gasteiger partial charge in [0.25, 0.3) is 0 Å². The molecule has 4 aromatic rings. The molecule has 0 amide bonds. The van der Waals surface area contributed by atoms with Gasteiger partial charge in [-0.2, -0.15) is 8.42 Å². The van der Waals surface area contributed by atoms with E-state index in [1.54, 1.807) is 6.07 Å². The number of hydrogen-bond donors (Lipinski definition) is 0. The molecule has 0 N–H and O–H groups in total. The van der Waals surface area contributed by atoms with E-state index in [0.29, 0.717) is 5.56 Å². The van der Waals surface area contributed by atoms with Gasteiger partial charge >= 0.3 is 10.1 Å². The lowest BCUT2D eigenvalue weighted by Gasteiger charge is -2.20. The van der Waals surface area contributed by atoms with Crippen LogP contribution in [0.15, 0.2) is 108 Å². The molecular weight excluding hydrogens is 418 g/mol. The molecule has 0 spiro atoms. The monoisotopic (exact) mass is 436 g/mol. The fraction of sp³-hybridized carbons (Fsp3) is 0.0400. The fourth-order valence-corrected chi connectivity index (χ4v) is 4.40. The molecule has 0 aromatic heterocycles. The Balaban J connectivity index is 1.76. The third-order valence-corrected chi connectivity index (χ3v) is 6.08. The molecule has 0 aliphatic heterocycles. The van der Waals surface area contributed by atoms with Crippen molar-refractivity contribution in [2.75, 3.05) is 0 Å². The second-order valence-corrected chi connectivity index (χ2v) is 8.46. The van der Waals surface area contributed by atoms with Crippen molar-refractivity contribution in [1.82, 2.24) is 0 Å². The summed E-state index contributed by atoms with van der Waals surface area (Å²) in [6.45, 7) is 0. The van der Waals surface area contributed by atoms with Gasteiger partial charge in [0.15, 0.2) is 11.6 Å². The van der Waals surface area contributed by atoms with Crippen LogP contribution in [0.4, 0.5) is 8.78 Å². The zero-order chi connectivity index (χ0) is 21.8. The lowest BCUT2D eigenvalue weighted by molar-refractivity contribution is 0.432. The van der Waals surface area contributed by atoms with Crippen molar-refractivity contribution in [3.8, 4) is 5.75 Å². The molecule has 6 heteroatoms. The van der Waals surface area contributed by atoms with E-state index in [0.717, 1.165) is 23.3 Å². The summed E-state index contributed by atoms with van der Waals surface area (Å²) in [5.41, 5.74) is 2.04. The minimum Gasteiger partial charge on any atom is -0.373 e. The standard InChI is InChI=1S/C25H18F2O3S/c26-22-16-20(24(18-10-4-1-5-11-18)19-12-6-2-7-13-19)17-23(27)25(22)30-31(28,29)21-14-8-3-9-15-21/h1-17,24H. The van der Waals surface area contributed by atoms with Crippen molar-refractivity contribution in [2.24, 2.45) is 0 Å². The Kier molecular flexibility index (Phi) is 5.82. The van der Waals surface area contributed by atoms with E-state index in [2.05, 4.69) is 0 Å². The lowest BCUT2D eigenvalue weighted by atomic mass is 9.85. The Morgan fingerprint density at radius 3 is 1.48 bits per heavy atom. The maximum absolute atomic E-state index is 14.9. The summed E-state index contributed by atoms with van der Waals surface area (Å²) in [7, 11) is -4.38. The van der Waals surface area contributed by atoms with Gasteiger partial charge in [-0.1, -0.05) is 78.9 Å². The van der Waals surface area contributed by atoms with Crippen molar-refractivity contribution in [3.05, 3.63) is 131 Å². The molecule has 0 unspecified atom stereocenters. The maximum atomic E-state index is 14.9. The molecule has 3 nitrogen and oxygen atoms in total. The third kappa shape index (κ3) is 4.49. The minimum atomic E-state index is -4.38. The summed E-state index contributed by atoms with van der Waals surface area (Å²) in [5.74, 6) is -3.57. The Labute approximate surface area is 179 Å². The minimum absolute atomic E-state index is 0.190. The van der Waals surface area contributed by atoms with Crippen LogP contribution >= 0.6 is 0 Å². The van der Waals surface area contributed by atoms with Gasteiger partial charge in [0.05, 0.1) is 0 Å². The van der Waals surface area contributed by atoms with Crippen molar-refractivity contribution in [2.45, 2.75) is 10.8 Å². The van der Waals surface area contributed by atoms with Crippen LogP contribution in [0.1, 0.15) is 22.6 Å². The van der Waals surface area contributed by atoms with Crippen LogP contribution < -0.4 is 4.18 Å². The molecule has 0 saturated carbocycles. The molecule has 0 aliphatic rings. The Morgan fingerprint density at radius 2 is 1.03 bits per heavy atom. The fourth-order valence-electron chi connectivity index (χ4n) is 3.44. The summed E-state index contributed by atoms with van der Waals surface area (Å²) >= 11 is 0. The molecule has 0 atom stereocenters. The number of hydrogen-bond acceptors (Lipinski definition) is 3. The molecular formula is C25H18F2O3S. The predicted octanol–water partition coefficient (Wildman–Crippen LogP) is 5.91. The van der Waals surface area contributed by atoms with Gasteiger partial charge in [-0.3, -0.25) is 0 Å². The highest BCUT2D eigenvalue weighted by Crippen LogP contribution is 2.36. The predicted molar refractivity (Wildman–Crippen MR) is 114 cm³/mol. The van der Waals surface area contributed by atoms with E-state index in [1.807, 2.05) is 60.7 Å². The molecule has 0 heterocycles. The van der Waals surface area contributed by atoms with Crippen LogP contribution in [0.3, 0.4) is 0 Å². The summed E-state index contributed by atoms with van der Waals surface area (Å²) in [6.07, 6.45) is 0. The number of benzene rings is 4. The van der Waals surface area contributed by atoms with Crippen molar-refractivity contribution in [1.29, 1.82) is 0 Å². The average molecular weight is 436 g/mol. The Bertz CT molecular complexity index is 1210. The van der Waals surface area contributed by atoms with Gasteiger partial charge in [0.2, 0.25) is 5.75 Å². The lowest BCUT2D eigenvalue weighted by Crippen LogP contribution is -2.13. The van der Waals surface area contributed by atoms with E-state index in [1.165, 1.54) is 24.3 Å². The van der Waals surface area contributed by atoms with E-state index in [4.69, 9.17) is 4.18 Å². The van der Waals surface area contributed by atoms with E-state index in [-0.39, 0.29) is 4.90 Å². The first-order valence-corrected chi connectivity index (χ1v) is 10.9. The molecule has 0 radical (unpaired) electrons. The molecule has 0 fully saturated rings. The molecule has 31 heavy (non-hydrogen) atoms. The van der Waals surface area contributed by atoms with Crippen LogP contribution in [0.5, 0.6) is 5.75 Å². The third-order valence-electron chi connectivity index (χ3n) is 4.84. The van der Waals surface area contributed by atoms with Crippen molar-refractivity contribution < 1.29 is 21.4 Å². The van der Waals surface area contributed by atoms with E-state index in [9.17, 15) is 17.2 Å². The highest BCUT2D eigenvalue weighted by Gasteiger charge is 2.25. The smallest absolute Gasteiger partial charge is 0.339 e. The van der Waals surface area contributed by atoms with Crippen LogP contribution in [0.2, 0.25) is 0 Å². The molecule has 0 aliphatic carbocycles. The van der Waals surface area contributed by atoms with Crippen molar-refractivity contribution >= 4 is 10.1 Å².